The Balaban J connectivity index is 1.88. The number of hydrogen-bond donors (Lipinski definition) is 2. The highest BCUT2D eigenvalue weighted by Crippen LogP contribution is 2.34. The first-order valence-corrected chi connectivity index (χ1v) is 7.55. The van der Waals surface area contributed by atoms with Crippen LogP contribution >= 0.6 is 15.9 Å². The molecule has 2 N–H and O–H groups in total. The SMILES string of the molecule is COc1cc(/C=N/NC(=O)COc2ccc(F)cc2)cc(Br)c1O. The van der Waals surface area contributed by atoms with E-state index in [1.165, 1.54) is 37.6 Å². The molecule has 2 rings (SSSR count). The fourth-order valence-corrected chi connectivity index (χ4v) is 2.17. The second-order valence-corrected chi connectivity index (χ2v) is 5.44. The van der Waals surface area contributed by atoms with Crippen LogP contribution in [0, 0.1) is 5.82 Å². The molecule has 0 unspecified atom stereocenters. The summed E-state index contributed by atoms with van der Waals surface area (Å²) in [5.41, 5.74) is 2.90. The van der Waals surface area contributed by atoms with Crippen molar-refractivity contribution in [2.24, 2.45) is 5.10 Å². The highest BCUT2D eigenvalue weighted by Gasteiger charge is 2.07. The lowest BCUT2D eigenvalue weighted by Gasteiger charge is -2.06. The molecule has 24 heavy (non-hydrogen) atoms. The summed E-state index contributed by atoms with van der Waals surface area (Å²) in [7, 11) is 1.43. The molecule has 0 spiro atoms. The number of nitrogens with zero attached hydrogens (tertiary/aromatic N) is 1. The van der Waals surface area contributed by atoms with Crippen LogP contribution in [-0.2, 0) is 4.79 Å². The van der Waals surface area contributed by atoms with Gasteiger partial charge in [-0.3, -0.25) is 4.79 Å². The number of methoxy groups -OCH3 is 1. The monoisotopic (exact) mass is 396 g/mol. The van der Waals surface area contributed by atoms with Crippen molar-refractivity contribution in [2.75, 3.05) is 13.7 Å². The number of phenols is 1. The Labute approximate surface area is 146 Å². The molecule has 0 aliphatic rings. The van der Waals surface area contributed by atoms with Gasteiger partial charge in [-0.1, -0.05) is 0 Å². The zero-order valence-electron chi connectivity index (χ0n) is 12.6. The summed E-state index contributed by atoms with van der Waals surface area (Å²) in [4.78, 5) is 11.6. The van der Waals surface area contributed by atoms with E-state index in [0.29, 0.717) is 15.8 Å². The van der Waals surface area contributed by atoms with Gasteiger partial charge in [-0.05, 0) is 57.9 Å². The summed E-state index contributed by atoms with van der Waals surface area (Å²) >= 11 is 3.19. The van der Waals surface area contributed by atoms with Crippen LogP contribution < -0.4 is 14.9 Å². The molecule has 0 atom stereocenters. The number of ether oxygens (including phenoxy) is 2. The minimum atomic E-state index is -0.472. The third-order valence-electron chi connectivity index (χ3n) is 2.86. The number of amides is 1. The number of nitrogens with one attached hydrogen (secondary N) is 1. The van der Waals surface area contributed by atoms with Crippen molar-refractivity contribution in [1.82, 2.24) is 5.43 Å². The van der Waals surface area contributed by atoms with E-state index in [4.69, 9.17) is 9.47 Å². The molecule has 6 nitrogen and oxygen atoms in total. The maximum absolute atomic E-state index is 12.7. The highest BCUT2D eigenvalue weighted by atomic mass is 79.9. The molecule has 8 heteroatoms. The number of carbonyl (C=O) groups excluding carboxylic acids is 1. The summed E-state index contributed by atoms with van der Waals surface area (Å²) < 4.78 is 23.4. The lowest BCUT2D eigenvalue weighted by molar-refractivity contribution is -0.123. The molecule has 0 aliphatic heterocycles. The molecule has 0 aliphatic carbocycles. The summed E-state index contributed by atoms with van der Waals surface area (Å²) in [5, 5.41) is 13.5. The maximum Gasteiger partial charge on any atom is 0.277 e. The summed E-state index contributed by atoms with van der Waals surface area (Å²) in [6, 6.07) is 8.49. The number of phenolic OH excluding ortho intramolecular Hbond substituents is 1. The van der Waals surface area contributed by atoms with E-state index < -0.39 is 5.91 Å². The van der Waals surface area contributed by atoms with Crippen LogP contribution in [-0.4, -0.2) is 30.9 Å². The van der Waals surface area contributed by atoms with Crippen molar-refractivity contribution < 1.29 is 23.8 Å². The normalized spacial score (nSPS) is 10.6. The van der Waals surface area contributed by atoms with Gasteiger partial charge in [-0.2, -0.15) is 5.10 Å². The van der Waals surface area contributed by atoms with Gasteiger partial charge in [-0.25, -0.2) is 9.82 Å². The van der Waals surface area contributed by atoms with Crippen LogP contribution in [0.3, 0.4) is 0 Å². The second kappa shape index (κ2) is 8.30. The summed E-state index contributed by atoms with van der Waals surface area (Å²) in [6.07, 6.45) is 1.39. The van der Waals surface area contributed by atoms with Gasteiger partial charge >= 0.3 is 0 Å². The average molecular weight is 397 g/mol. The van der Waals surface area contributed by atoms with E-state index in [-0.39, 0.29) is 23.9 Å². The molecule has 0 bridgehead atoms. The molecule has 0 saturated heterocycles. The standard InChI is InChI=1S/C16H14BrFN2O4/c1-23-14-7-10(6-13(17)16(14)22)8-19-20-15(21)9-24-12-4-2-11(18)3-5-12/h2-8,22H,9H2,1H3,(H,20,21)/b19-8+. The van der Waals surface area contributed by atoms with Crippen molar-refractivity contribution in [3.63, 3.8) is 0 Å². The minimum Gasteiger partial charge on any atom is -0.503 e. The van der Waals surface area contributed by atoms with Gasteiger partial charge in [0.15, 0.2) is 18.1 Å². The van der Waals surface area contributed by atoms with Gasteiger partial charge in [0, 0.05) is 0 Å². The molecule has 0 radical (unpaired) electrons. The van der Waals surface area contributed by atoms with Gasteiger partial charge in [0.2, 0.25) is 0 Å². The van der Waals surface area contributed by atoms with Gasteiger partial charge < -0.3 is 14.6 Å². The van der Waals surface area contributed by atoms with E-state index in [0.717, 1.165) is 0 Å². The molecule has 1 amide bonds. The van der Waals surface area contributed by atoms with E-state index >= 15 is 0 Å². The van der Waals surface area contributed by atoms with Gasteiger partial charge in [0.1, 0.15) is 11.6 Å². The third kappa shape index (κ3) is 4.95. The number of halogens is 2. The topological polar surface area (TPSA) is 80.2 Å². The second-order valence-electron chi connectivity index (χ2n) is 4.59. The van der Waals surface area contributed by atoms with E-state index in [1.54, 1.807) is 12.1 Å². The Bertz CT molecular complexity index is 750. The van der Waals surface area contributed by atoms with Crippen molar-refractivity contribution in [1.29, 1.82) is 0 Å². The molecule has 2 aromatic carbocycles. The Morgan fingerprint density at radius 1 is 1.38 bits per heavy atom. The van der Waals surface area contributed by atoms with E-state index in [1.807, 2.05) is 0 Å². The van der Waals surface area contributed by atoms with Crippen LogP contribution in [0.15, 0.2) is 46.0 Å². The zero-order valence-corrected chi connectivity index (χ0v) is 14.2. The van der Waals surface area contributed by atoms with Crippen LogP contribution in [0.5, 0.6) is 17.2 Å². The fourth-order valence-electron chi connectivity index (χ4n) is 1.71. The first-order valence-electron chi connectivity index (χ1n) is 6.76. The van der Waals surface area contributed by atoms with Crippen LogP contribution in [0.4, 0.5) is 4.39 Å². The average Bonchev–Trinajstić information content (AvgIpc) is 2.57. The summed E-state index contributed by atoms with van der Waals surface area (Å²) in [5.74, 6) is -0.224. The zero-order chi connectivity index (χ0) is 17.5. The van der Waals surface area contributed by atoms with Crippen molar-refractivity contribution >= 4 is 28.1 Å². The van der Waals surface area contributed by atoms with E-state index in [9.17, 15) is 14.3 Å². The largest absolute Gasteiger partial charge is 0.503 e. The first-order chi connectivity index (χ1) is 11.5. The smallest absolute Gasteiger partial charge is 0.277 e. The molecule has 0 aromatic heterocycles. The summed E-state index contributed by atoms with van der Waals surface area (Å²) in [6.45, 7) is -0.258. The van der Waals surface area contributed by atoms with Gasteiger partial charge in [0.05, 0.1) is 17.8 Å². The minimum absolute atomic E-state index is 0.0219. The van der Waals surface area contributed by atoms with Crippen LogP contribution in [0.25, 0.3) is 0 Å². The van der Waals surface area contributed by atoms with Crippen molar-refractivity contribution in [2.45, 2.75) is 0 Å². The number of aromatic hydroxyl groups is 1. The molecular weight excluding hydrogens is 383 g/mol. The van der Waals surface area contributed by atoms with Gasteiger partial charge in [-0.15, -0.1) is 0 Å². The predicted octanol–water partition coefficient (Wildman–Crippen LogP) is 2.83. The number of carbonyl (C=O) groups is 1. The molecule has 0 saturated carbocycles. The van der Waals surface area contributed by atoms with Crippen molar-refractivity contribution in [3.8, 4) is 17.2 Å². The predicted molar refractivity (Wildman–Crippen MR) is 90.0 cm³/mol. The molecule has 0 fully saturated rings. The molecule has 126 valence electrons. The highest BCUT2D eigenvalue weighted by molar-refractivity contribution is 9.10. The lowest BCUT2D eigenvalue weighted by atomic mass is 10.2. The first kappa shape index (κ1) is 17.7. The molecule has 2 aromatic rings. The van der Waals surface area contributed by atoms with E-state index in [2.05, 4.69) is 26.5 Å². The maximum atomic E-state index is 12.7. The molecule has 0 heterocycles. The quantitative estimate of drug-likeness (QED) is 0.581. The fraction of sp³-hybridized carbons (Fsp3) is 0.125. The number of hydrogen-bond acceptors (Lipinski definition) is 5. The Morgan fingerprint density at radius 2 is 2.08 bits per heavy atom. The van der Waals surface area contributed by atoms with Crippen LogP contribution in [0.2, 0.25) is 0 Å². The van der Waals surface area contributed by atoms with Crippen LogP contribution in [0.1, 0.15) is 5.56 Å². The van der Waals surface area contributed by atoms with Crippen molar-refractivity contribution in [3.05, 3.63) is 52.3 Å². The number of hydrazone groups is 1. The number of benzene rings is 2. The lowest BCUT2D eigenvalue weighted by Crippen LogP contribution is -2.24. The Kier molecular flexibility index (Phi) is 6.14. The number of rotatable bonds is 6. The third-order valence-corrected chi connectivity index (χ3v) is 3.46. The van der Waals surface area contributed by atoms with Gasteiger partial charge in [0.25, 0.3) is 5.91 Å². The molecular formula is C16H14BrFN2O4. The Morgan fingerprint density at radius 3 is 2.75 bits per heavy atom. The Hall–Kier alpha value is -2.61.